The molecule has 2 heterocycles. The van der Waals surface area contributed by atoms with Gasteiger partial charge in [0.05, 0.1) is 10.4 Å². The van der Waals surface area contributed by atoms with Crippen LogP contribution in [0, 0.1) is 10.1 Å². The molecule has 1 spiro atoms. The third-order valence-corrected chi connectivity index (χ3v) is 8.13. The van der Waals surface area contributed by atoms with Crippen LogP contribution >= 0.6 is 15.9 Å². The second kappa shape index (κ2) is 8.97. The molecule has 1 amide bonds. The number of nitrogens with one attached hydrogen (secondary N) is 2. The number of nitrogens with zero attached hydrogens (tertiary/aromatic N) is 1. The smallest absolute Gasteiger partial charge is 0.256 e. The highest BCUT2D eigenvalue weighted by Crippen LogP contribution is 2.50. The largest absolute Gasteiger partial charge is 0.488 e. The number of rotatable bonds is 5. The SMILES string of the molecule is C[C@@H]1N[C@]2(C(=O)Nc3ccccc32)[C@H]([N+](=O)[O-])[C@H]1c1ccc(OCc2ccc3ccccc3c2)c(Br)c1. The second-order valence-corrected chi connectivity index (χ2v) is 10.5. The highest BCUT2D eigenvalue weighted by molar-refractivity contribution is 9.10. The van der Waals surface area contributed by atoms with Crippen LogP contribution in [0.1, 0.15) is 29.5 Å². The number of benzene rings is 4. The van der Waals surface area contributed by atoms with E-state index in [2.05, 4.69) is 50.8 Å². The minimum Gasteiger partial charge on any atom is -0.488 e. The van der Waals surface area contributed by atoms with Crippen molar-refractivity contribution in [2.75, 3.05) is 5.32 Å². The lowest BCUT2D eigenvalue weighted by atomic mass is 9.78. The predicted molar refractivity (Wildman–Crippen MR) is 145 cm³/mol. The number of fused-ring (bicyclic) bond motifs is 3. The normalized spacial score (nSPS) is 24.3. The Bertz CT molecular complexity index is 1560. The third kappa shape index (κ3) is 3.79. The van der Waals surface area contributed by atoms with E-state index >= 15 is 0 Å². The molecule has 186 valence electrons. The first-order valence-corrected chi connectivity index (χ1v) is 12.9. The van der Waals surface area contributed by atoms with E-state index in [9.17, 15) is 14.9 Å². The fourth-order valence-electron chi connectivity index (χ4n) is 5.88. The molecule has 2 aliphatic heterocycles. The zero-order chi connectivity index (χ0) is 25.7. The molecule has 8 heteroatoms. The number of hydrogen-bond donors (Lipinski definition) is 2. The van der Waals surface area contributed by atoms with Gasteiger partial charge in [0.1, 0.15) is 12.4 Å². The lowest BCUT2D eigenvalue weighted by molar-refractivity contribution is -0.532. The Kier molecular flexibility index (Phi) is 5.73. The summed E-state index contributed by atoms with van der Waals surface area (Å²) in [7, 11) is 0. The van der Waals surface area contributed by atoms with Gasteiger partial charge in [0, 0.05) is 22.2 Å². The number of carbonyl (C=O) groups is 1. The van der Waals surface area contributed by atoms with Crippen molar-refractivity contribution in [3.63, 3.8) is 0 Å². The summed E-state index contributed by atoms with van der Waals surface area (Å²) in [5.74, 6) is -0.274. The summed E-state index contributed by atoms with van der Waals surface area (Å²) in [6, 6.07) is 25.6. The molecule has 0 aliphatic carbocycles. The van der Waals surface area contributed by atoms with Crippen LogP contribution in [0.5, 0.6) is 5.75 Å². The number of halogens is 1. The Hall–Kier alpha value is -3.75. The van der Waals surface area contributed by atoms with E-state index in [0.717, 1.165) is 16.5 Å². The van der Waals surface area contributed by atoms with Gasteiger partial charge in [-0.15, -0.1) is 0 Å². The molecule has 2 aliphatic rings. The molecule has 0 unspecified atom stereocenters. The number of nitro groups is 1. The van der Waals surface area contributed by atoms with Crippen molar-refractivity contribution in [1.29, 1.82) is 0 Å². The summed E-state index contributed by atoms with van der Waals surface area (Å²) in [6.45, 7) is 2.28. The summed E-state index contributed by atoms with van der Waals surface area (Å²) < 4.78 is 6.79. The molecule has 0 aromatic heterocycles. The van der Waals surface area contributed by atoms with E-state index in [0.29, 0.717) is 28.1 Å². The molecule has 4 atom stereocenters. The molecule has 1 saturated heterocycles. The molecule has 2 N–H and O–H groups in total. The van der Waals surface area contributed by atoms with E-state index in [1.54, 1.807) is 18.2 Å². The molecule has 7 nitrogen and oxygen atoms in total. The van der Waals surface area contributed by atoms with Gasteiger partial charge in [-0.1, -0.05) is 60.7 Å². The van der Waals surface area contributed by atoms with Gasteiger partial charge >= 0.3 is 0 Å². The first-order chi connectivity index (χ1) is 17.9. The van der Waals surface area contributed by atoms with Gasteiger partial charge in [-0.05, 0) is 69.0 Å². The summed E-state index contributed by atoms with van der Waals surface area (Å²) in [4.78, 5) is 25.4. The second-order valence-electron chi connectivity index (χ2n) is 9.66. The monoisotopic (exact) mass is 557 g/mol. The molecule has 6 rings (SSSR count). The highest BCUT2D eigenvalue weighted by Gasteiger charge is 2.67. The van der Waals surface area contributed by atoms with Gasteiger partial charge in [-0.25, -0.2) is 0 Å². The minimum atomic E-state index is -1.43. The number of anilines is 1. The van der Waals surface area contributed by atoms with Crippen LogP contribution in [0.4, 0.5) is 5.69 Å². The molecule has 4 aromatic carbocycles. The van der Waals surface area contributed by atoms with E-state index in [1.807, 2.05) is 49.4 Å². The molecule has 0 bridgehead atoms. The average molecular weight is 558 g/mol. The Morgan fingerprint density at radius 1 is 1.00 bits per heavy atom. The maximum absolute atomic E-state index is 13.2. The Morgan fingerprint density at radius 2 is 1.76 bits per heavy atom. The number of para-hydroxylation sites is 1. The van der Waals surface area contributed by atoms with Crippen molar-refractivity contribution in [1.82, 2.24) is 5.32 Å². The number of carbonyl (C=O) groups excluding carboxylic acids is 1. The Labute approximate surface area is 222 Å². The van der Waals surface area contributed by atoms with E-state index in [4.69, 9.17) is 4.74 Å². The van der Waals surface area contributed by atoms with Gasteiger partial charge in [0.2, 0.25) is 0 Å². The molecule has 1 fully saturated rings. The maximum Gasteiger partial charge on any atom is 0.256 e. The summed E-state index contributed by atoms with van der Waals surface area (Å²) >= 11 is 3.60. The predicted octanol–water partition coefficient (Wildman–Crippen LogP) is 5.75. The molecule has 0 radical (unpaired) electrons. The molecular weight excluding hydrogens is 534 g/mol. The fourth-order valence-corrected chi connectivity index (χ4v) is 6.40. The van der Waals surface area contributed by atoms with E-state index < -0.39 is 17.5 Å². The van der Waals surface area contributed by atoms with Crippen LogP contribution in [0.2, 0.25) is 0 Å². The average Bonchev–Trinajstić information content (AvgIpc) is 3.36. The van der Waals surface area contributed by atoms with Crippen LogP contribution < -0.4 is 15.4 Å². The standard InChI is InChI=1S/C29H24BrN3O4/c1-17-26(27(33(35)36)29(32-17)22-8-4-5-9-24(22)31-28(29)34)21-12-13-25(23(30)15-21)37-16-18-10-11-19-6-2-3-7-20(19)14-18/h2-15,17,26-27,32H,16H2,1H3,(H,31,34)/t17-,26+,27+,29-/m0/s1. The summed E-state index contributed by atoms with van der Waals surface area (Å²) in [6.07, 6.45) is 0. The van der Waals surface area contributed by atoms with Gasteiger partial charge in [0.25, 0.3) is 11.9 Å². The van der Waals surface area contributed by atoms with Crippen LogP contribution in [0.3, 0.4) is 0 Å². The highest BCUT2D eigenvalue weighted by atomic mass is 79.9. The van der Waals surface area contributed by atoms with Crippen LogP contribution in [-0.4, -0.2) is 22.9 Å². The van der Waals surface area contributed by atoms with Gasteiger partial charge in [0.15, 0.2) is 5.54 Å². The lowest BCUT2D eigenvalue weighted by Gasteiger charge is -2.25. The summed E-state index contributed by atoms with van der Waals surface area (Å²) in [5, 5.41) is 21.0. The number of hydrogen-bond acceptors (Lipinski definition) is 5. The summed E-state index contributed by atoms with van der Waals surface area (Å²) in [5.41, 5.74) is 1.61. The first-order valence-electron chi connectivity index (χ1n) is 12.1. The fraction of sp³-hybridized carbons (Fsp3) is 0.207. The first kappa shape index (κ1) is 23.6. The van der Waals surface area contributed by atoms with Crippen molar-refractivity contribution in [3.8, 4) is 5.75 Å². The minimum absolute atomic E-state index is 0.316. The lowest BCUT2D eigenvalue weighted by Crippen LogP contribution is -2.54. The maximum atomic E-state index is 13.2. The van der Waals surface area contributed by atoms with Crippen LogP contribution in [-0.2, 0) is 16.9 Å². The Morgan fingerprint density at radius 3 is 2.54 bits per heavy atom. The zero-order valence-corrected chi connectivity index (χ0v) is 21.6. The Balaban J connectivity index is 1.29. The third-order valence-electron chi connectivity index (χ3n) is 7.51. The number of amides is 1. The van der Waals surface area contributed by atoms with E-state index in [-0.39, 0.29) is 16.9 Å². The molecule has 4 aromatic rings. The van der Waals surface area contributed by atoms with Crippen molar-refractivity contribution >= 4 is 38.3 Å². The molecule has 0 saturated carbocycles. The quantitative estimate of drug-likeness (QED) is 0.241. The van der Waals surface area contributed by atoms with Crippen molar-refractivity contribution in [2.24, 2.45) is 0 Å². The van der Waals surface area contributed by atoms with Gasteiger partial charge in [-0.2, -0.15) is 0 Å². The molecule has 37 heavy (non-hydrogen) atoms. The van der Waals surface area contributed by atoms with Crippen molar-refractivity contribution < 1.29 is 14.5 Å². The van der Waals surface area contributed by atoms with Crippen molar-refractivity contribution in [2.45, 2.75) is 37.1 Å². The number of ether oxygens (including phenoxy) is 1. The van der Waals surface area contributed by atoms with Gasteiger partial charge < -0.3 is 10.1 Å². The topological polar surface area (TPSA) is 93.5 Å². The van der Waals surface area contributed by atoms with Gasteiger partial charge in [-0.3, -0.25) is 20.2 Å². The zero-order valence-electron chi connectivity index (χ0n) is 20.0. The molecular formula is C29H24BrN3O4. The van der Waals surface area contributed by atoms with Crippen LogP contribution in [0.15, 0.2) is 89.4 Å². The van der Waals surface area contributed by atoms with E-state index in [1.165, 1.54) is 5.39 Å². The van der Waals surface area contributed by atoms with Crippen LogP contribution in [0.25, 0.3) is 10.8 Å². The van der Waals surface area contributed by atoms with Crippen molar-refractivity contribution in [3.05, 3.63) is 116 Å².